The third kappa shape index (κ3) is 4.90. The van der Waals surface area contributed by atoms with Crippen molar-refractivity contribution in [2.24, 2.45) is 0 Å². The van der Waals surface area contributed by atoms with Crippen molar-refractivity contribution < 1.29 is 8.78 Å². The smallest absolute Gasteiger partial charge is 0.229 e. The topological polar surface area (TPSA) is 70.1 Å². The van der Waals surface area contributed by atoms with Gasteiger partial charge < -0.3 is 15.1 Å². The van der Waals surface area contributed by atoms with E-state index in [1.54, 1.807) is 24.5 Å². The van der Waals surface area contributed by atoms with Crippen LogP contribution in [-0.4, -0.2) is 57.6 Å². The normalized spacial score (nSPS) is 14.1. The van der Waals surface area contributed by atoms with E-state index in [1.807, 2.05) is 12.1 Å². The zero-order valence-electron chi connectivity index (χ0n) is 18.6. The Hall–Kier alpha value is -3.43. The molecule has 0 saturated carbocycles. The van der Waals surface area contributed by atoms with Crippen LogP contribution in [0.15, 0.2) is 55.0 Å². The van der Waals surface area contributed by atoms with Gasteiger partial charge in [0.25, 0.3) is 0 Å². The average molecular weight is 484 g/mol. The Morgan fingerprint density at radius 3 is 2.50 bits per heavy atom. The number of aromatic nitrogens is 4. The highest BCUT2D eigenvalue weighted by atomic mass is 35.5. The molecule has 5 rings (SSSR count). The Balaban J connectivity index is 0.00000274. The maximum absolute atomic E-state index is 14.7. The number of fused-ring (bicyclic) bond motifs is 1. The molecule has 10 heteroatoms. The number of likely N-dealkylation sites (N-methyl/N-ethyl adjacent to an activating group) is 1. The van der Waals surface area contributed by atoms with Crippen molar-refractivity contribution in [3.05, 3.63) is 66.6 Å². The monoisotopic (exact) mass is 483 g/mol. The lowest BCUT2D eigenvalue weighted by Gasteiger charge is -2.35. The Labute approximate surface area is 202 Å². The number of hydrogen-bond donors (Lipinski definition) is 1. The van der Waals surface area contributed by atoms with Crippen molar-refractivity contribution in [1.82, 2.24) is 24.8 Å². The predicted octanol–water partition coefficient (Wildman–Crippen LogP) is 4.67. The summed E-state index contributed by atoms with van der Waals surface area (Å²) >= 11 is 0. The molecular formula is C24H24ClF2N7. The lowest BCUT2D eigenvalue weighted by atomic mass is 10.1. The number of piperazine rings is 1. The highest BCUT2D eigenvalue weighted by Crippen LogP contribution is 2.28. The Kier molecular flexibility index (Phi) is 7.14. The number of benzene rings is 1. The molecule has 0 unspecified atom stereocenters. The summed E-state index contributed by atoms with van der Waals surface area (Å²) in [6, 6.07) is 10.2. The van der Waals surface area contributed by atoms with Gasteiger partial charge >= 0.3 is 0 Å². The molecule has 1 N–H and O–H groups in total. The van der Waals surface area contributed by atoms with Crippen molar-refractivity contribution >= 4 is 40.8 Å². The number of anilines is 3. The third-order valence-electron chi connectivity index (χ3n) is 5.86. The van der Waals surface area contributed by atoms with Gasteiger partial charge in [0.15, 0.2) is 5.82 Å². The first kappa shape index (κ1) is 23.7. The van der Waals surface area contributed by atoms with E-state index in [4.69, 9.17) is 0 Å². The largest absolute Gasteiger partial charge is 0.368 e. The molecule has 4 heterocycles. The SMILES string of the molecule is CCN1CCN(c2ccc(Nc3ncc(F)c(-c4cc5cccnc5cc4F)n3)nc2)CC1.Cl. The Morgan fingerprint density at radius 1 is 0.941 bits per heavy atom. The molecule has 1 aliphatic rings. The number of nitrogens with one attached hydrogen (secondary N) is 1. The first-order chi connectivity index (χ1) is 16.1. The fourth-order valence-electron chi connectivity index (χ4n) is 3.98. The summed E-state index contributed by atoms with van der Waals surface area (Å²) in [6.45, 7) is 7.22. The van der Waals surface area contributed by atoms with Crippen LogP contribution in [-0.2, 0) is 0 Å². The molecule has 0 atom stereocenters. The van der Waals surface area contributed by atoms with Gasteiger partial charge in [0, 0.05) is 49.4 Å². The average Bonchev–Trinajstić information content (AvgIpc) is 2.85. The highest BCUT2D eigenvalue weighted by molar-refractivity contribution is 5.85. The third-order valence-corrected chi connectivity index (χ3v) is 5.86. The summed E-state index contributed by atoms with van der Waals surface area (Å²) in [7, 11) is 0. The molecule has 0 radical (unpaired) electrons. The van der Waals surface area contributed by atoms with Gasteiger partial charge in [0.1, 0.15) is 17.3 Å². The molecule has 0 amide bonds. The van der Waals surface area contributed by atoms with Gasteiger partial charge in [-0.1, -0.05) is 13.0 Å². The van der Waals surface area contributed by atoms with Crippen LogP contribution >= 0.6 is 12.4 Å². The van der Waals surface area contributed by atoms with Gasteiger partial charge in [-0.05, 0) is 30.8 Å². The quantitative estimate of drug-likeness (QED) is 0.442. The summed E-state index contributed by atoms with van der Waals surface area (Å²) in [4.78, 5) is 21.5. The van der Waals surface area contributed by atoms with E-state index in [2.05, 4.69) is 42.0 Å². The molecule has 34 heavy (non-hydrogen) atoms. The van der Waals surface area contributed by atoms with Gasteiger partial charge in [0.2, 0.25) is 5.95 Å². The molecule has 1 aliphatic heterocycles. The van der Waals surface area contributed by atoms with Gasteiger partial charge in [-0.3, -0.25) is 4.98 Å². The van der Waals surface area contributed by atoms with Crippen LogP contribution in [0.5, 0.6) is 0 Å². The van der Waals surface area contributed by atoms with Gasteiger partial charge in [-0.15, -0.1) is 12.4 Å². The van der Waals surface area contributed by atoms with Crippen LogP contribution in [0.25, 0.3) is 22.2 Å². The summed E-state index contributed by atoms with van der Waals surface area (Å²) in [5, 5.41) is 3.68. The highest BCUT2D eigenvalue weighted by Gasteiger charge is 2.17. The zero-order chi connectivity index (χ0) is 22.8. The van der Waals surface area contributed by atoms with Gasteiger partial charge in [-0.25, -0.2) is 23.7 Å². The van der Waals surface area contributed by atoms with E-state index in [0.717, 1.165) is 44.6 Å². The fraction of sp³-hybridized carbons (Fsp3) is 0.250. The summed E-state index contributed by atoms with van der Waals surface area (Å²) in [5.74, 6) is -0.659. The molecule has 1 fully saturated rings. The maximum atomic E-state index is 14.7. The lowest BCUT2D eigenvalue weighted by molar-refractivity contribution is 0.271. The van der Waals surface area contributed by atoms with Crippen LogP contribution in [0, 0.1) is 11.6 Å². The molecule has 176 valence electrons. The molecule has 1 saturated heterocycles. The van der Waals surface area contributed by atoms with E-state index in [-0.39, 0.29) is 29.6 Å². The fourth-order valence-corrected chi connectivity index (χ4v) is 3.98. The zero-order valence-corrected chi connectivity index (χ0v) is 19.4. The summed E-state index contributed by atoms with van der Waals surface area (Å²) in [6.07, 6.45) is 4.40. The number of halogens is 3. The van der Waals surface area contributed by atoms with E-state index in [9.17, 15) is 8.78 Å². The molecular weight excluding hydrogens is 460 g/mol. The van der Waals surface area contributed by atoms with Gasteiger partial charge in [-0.2, -0.15) is 0 Å². The van der Waals surface area contributed by atoms with Crippen molar-refractivity contribution in [2.75, 3.05) is 42.9 Å². The minimum atomic E-state index is -0.711. The van der Waals surface area contributed by atoms with Crippen molar-refractivity contribution in [3.8, 4) is 11.3 Å². The van der Waals surface area contributed by atoms with Crippen LogP contribution in [0.1, 0.15) is 6.92 Å². The maximum Gasteiger partial charge on any atom is 0.229 e. The number of rotatable bonds is 5. The lowest BCUT2D eigenvalue weighted by Crippen LogP contribution is -2.46. The van der Waals surface area contributed by atoms with Crippen molar-refractivity contribution in [1.29, 1.82) is 0 Å². The van der Waals surface area contributed by atoms with Crippen molar-refractivity contribution in [3.63, 3.8) is 0 Å². The predicted molar refractivity (Wildman–Crippen MR) is 132 cm³/mol. The molecule has 3 aromatic heterocycles. The van der Waals surface area contributed by atoms with E-state index in [0.29, 0.717) is 16.7 Å². The second kappa shape index (κ2) is 10.2. The first-order valence-corrected chi connectivity index (χ1v) is 10.9. The van der Waals surface area contributed by atoms with Crippen LogP contribution in [0.3, 0.4) is 0 Å². The summed E-state index contributed by atoms with van der Waals surface area (Å²) in [5.41, 5.74) is 1.46. The number of hydrogen-bond acceptors (Lipinski definition) is 7. The Bertz CT molecular complexity index is 1280. The molecule has 0 aliphatic carbocycles. The molecule has 1 aromatic carbocycles. The van der Waals surface area contributed by atoms with Gasteiger partial charge in [0.05, 0.1) is 23.6 Å². The van der Waals surface area contributed by atoms with Crippen LogP contribution in [0.4, 0.5) is 26.2 Å². The summed E-state index contributed by atoms with van der Waals surface area (Å²) < 4.78 is 29.2. The van der Waals surface area contributed by atoms with E-state index in [1.165, 1.54) is 12.1 Å². The Morgan fingerprint density at radius 2 is 1.76 bits per heavy atom. The second-order valence-electron chi connectivity index (χ2n) is 7.87. The molecule has 4 aromatic rings. The molecule has 0 spiro atoms. The second-order valence-corrected chi connectivity index (χ2v) is 7.87. The minimum absolute atomic E-state index is 0. The van der Waals surface area contributed by atoms with E-state index < -0.39 is 11.6 Å². The van der Waals surface area contributed by atoms with E-state index >= 15 is 0 Å². The minimum Gasteiger partial charge on any atom is -0.368 e. The molecule has 0 bridgehead atoms. The van der Waals surface area contributed by atoms with Crippen LogP contribution in [0.2, 0.25) is 0 Å². The standard InChI is InChI=1S/C24H23F2N7.ClH/c1-2-32-8-10-33(11-9-32)17-5-6-22(28-14-17)30-24-29-15-20(26)23(31-24)18-12-16-4-3-7-27-21(16)13-19(18)25;/h3-7,12-15H,2,8-11H2,1H3,(H,28,29,30,31);1H. The van der Waals surface area contributed by atoms with Crippen molar-refractivity contribution in [2.45, 2.75) is 6.92 Å². The first-order valence-electron chi connectivity index (χ1n) is 10.9. The molecule has 7 nitrogen and oxygen atoms in total. The number of nitrogens with zero attached hydrogens (tertiary/aromatic N) is 6. The van der Waals surface area contributed by atoms with Crippen LogP contribution < -0.4 is 10.2 Å². The number of pyridine rings is 2.